The maximum Gasteiger partial charge on any atom is 0.138 e. The first kappa shape index (κ1) is 8.72. The van der Waals surface area contributed by atoms with Crippen molar-refractivity contribution in [2.45, 2.75) is 18.4 Å². The van der Waals surface area contributed by atoms with Crippen LogP contribution in [0.2, 0.25) is 0 Å². The van der Waals surface area contributed by atoms with E-state index in [1.165, 1.54) is 0 Å². The maximum absolute atomic E-state index is 10.2. The Bertz CT molecular complexity index is 262. The molecule has 1 aliphatic heterocycles. The molecule has 0 spiro atoms. The molecule has 0 unspecified atom stereocenters. The molecule has 0 bridgehead atoms. The van der Waals surface area contributed by atoms with Gasteiger partial charge in [0.25, 0.3) is 0 Å². The Balaban J connectivity index is 2.13. The molecule has 0 atom stereocenters. The van der Waals surface area contributed by atoms with E-state index in [1.807, 2.05) is 0 Å². The van der Waals surface area contributed by atoms with E-state index >= 15 is 0 Å². The number of aliphatic hydroxyl groups is 1. The van der Waals surface area contributed by atoms with E-state index in [-0.39, 0.29) is 0 Å². The zero-order valence-corrected chi connectivity index (χ0v) is 7.82. The van der Waals surface area contributed by atoms with Crippen molar-refractivity contribution in [2.24, 2.45) is 0 Å². The number of likely N-dealkylation sites (tertiary alicyclic amines) is 1. The van der Waals surface area contributed by atoms with Gasteiger partial charge in [0, 0.05) is 25.5 Å². The first-order valence-electron chi connectivity index (χ1n) is 4.61. The lowest BCUT2D eigenvalue weighted by Crippen LogP contribution is -2.41. The molecule has 2 N–H and O–H groups in total. The molecule has 0 aromatic carbocycles. The van der Waals surface area contributed by atoms with Crippen LogP contribution in [0.25, 0.3) is 0 Å². The second-order valence-electron chi connectivity index (χ2n) is 3.77. The fourth-order valence-corrected chi connectivity index (χ4v) is 1.75. The van der Waals surface area contributed by atoms with Crippen molar-refractivity contribution in [1.29, 1.82) is 0 Å². The number of rotatable bonds is 1. The van der Waals surface area contributed by atoms with Crippen molar-refractivity contribution in [3.63, 3.8) is 0 Å². The number of hydrogen-bond donors (Lipinski definition) is 2. The van der Waals surface area contributed by atoms with Crippen molar-refractivity contribution in [2.75, 3.05) is 20.1 Å². The van der Waals surface area contributed by atoms with Gasteiger partial charge in [-0.3, -0.25) is 0 Å². The summed E-state index contributed by atoms with van der Waals surface area (Å²) in [6, 6.07) is 0. The average Bonchev–Trinajstić information content (AvgIpc) is 2.63. The Kier molecular flexibility index (Phi) is 2.09. The highest BCUT2D eigenvalue weighted by molar-refractivity contribution is 5.03. The van der Waals surface area contributed by atoms with Gasteiger partial charge in [0.1, 0.15) is 11.4 Å². The Labute approximate surface area is 77.6 Å². The van der Waals surface area contributed by atoms with Crippen molar-refractivity contribution >= 4 is 0 Å². The minimum Gasteiger partial charge on any atom is -0.382 e. The smallest absolute Gasteiger partial charge is 0.138 e. The molecule has 0 aliphatic carbocycles. The minimum absolute atomic E-state index is 0.709. The molecule has 1 aromatic rings. The third-order valence-corrected chi connectivity index (χ3v) is 2.75. The lowest BCUT2D eigenvalue weighted by molar-refractivity contribution is -0.0270. The zero-order chi connectivity index (χ0) is 9.31. The van der Waals surface area contributed by atoms with E-state index in [0.717, 1.165) is 25.9 Å². The summed E-state index contributed by atoms with van der Waals surface area (Å²) >= 11 is 0. The summed E-state index contributed by atoms with van der Waals surface area (Å²) in [5.74, 6) is 0.709. The highest BCUT2D eigenvalue weighted by Crippen LogP contribution is 2.29. The van der Waals surface area contributed by atoms with E-state index in [2.05, 4.69) is 21.9 Å². The van der Waals surface area contributed by atoms with Gasteiger partial charge < -0.3 is 15.0 Å². The standard InChI is InChI=1S/C9H15N3O/c1-12-6-2-9(13,3-7-12)8-10-4-5-11-8/h4-5,13H,2-3,6-7H2,1H3,(H,10,11). The second-order valence-corrected chi connectivity index (χ2v) is 3.77. The van der Waals surface area contributed by atoms with Gasteiger partial charge in [0.05, 0.1) is 0 Å². The fourth-order valence-electron chi connectivity index (χ4n) is 1.75. The van der Waals surface area contributed by atoms with Crippen LogP contribution in [0.3, 0.4) is 0 Å². The van der Waals surface area contributed by atoms with Crippen LogP contribution in [0.4, 0.5) is 0 Å². The number of imidazole rings is 1. The summed E-state index contributed by atoms with van der Waals surface area (Å²) in [5, 5.41) is 10.2. The molecule has 4 heteroatoms. The van der Waals surface area contributed by atoms with Gasteiger partial charge in [0.2, 0.25) is 0 Å². The number of H-pyrrole nitrogens is 1. The summed E-state index contributed by atoms with van der Waals surface area (Å²) in [7, 11) is 2.07. The first-order valence-corrected chi connectivity index (χ1v) is 4.61. The molecule has 4 nitrogen and oxygen atoms in total. The predicted octanol–water partition coefficient (Wildman–Crippen LogP) is 0.323. The van der Waals surface area contributed by atoms with Gasteiger partial charge in [0.15, 0.2) is 0 Å². The fraction of sp³-hybridized carbons (Fsp3) is 0.667. The van der Waals surface area contributed by atoms with Crippen LogP contribution in [0.5, 0.6) is 0 Å². The molecule has 0 saturated carbocycles. The summed E-state index contributed by atoms with van der Waals surface area (Å²) < 4.78 is 0. The number of piperidine rings is 1. The highest BCUT2D eigenvalue weighted by atomic mass is 16.3. The highest BCUT2D eigenvalue weighted by Gasteiger charge is 2.34. The summed E-state index contributed by atoms with van der Waals surface area (Å²) in [5.41, 5.74) is -0.726. The van der Waals surface area contributed by atoms with Crippen LogP contribution in [-0.2, 0) is 5.60 Å². The van der Waals surface area contributed by atoms with E-state index in [9.17, 15) is 5.11 Å². The van der Waals surface area contributed by atoms with Crippen LogP contribution >= 0.6 is 0 Å². The van der Waals surface area contributed by atoms with Gasteiger partial charge in [-0.05, 0) is 19.9 Å². The number of aromatic nitrogens is 2. The lowest BCUT2D eigenvalue weighted by Gasteiger charge is -2.34. The molecule has 72 valence electrons. The van der Waals surface area contributed by atoms with Crippen molar-refractivity contribution in [3.8, 4) is 0 Å². The van der Waals surface area contributed by atoms with Crippen LogP contribution in [0.1, 0.15) is 18.7 Å². The number of nitrogens with one attached hydrogen (secondary N) is 1. The molecule has 0 radical (unpaired) electrons. The molecule has 13 heavy (non-hydrogen) atoms. The van der Waals surface area contributed by atoms with Gasteiger partial charge >= 0.3 is 0 Å². The topological polar surface area (TPSA) is 52.1 Å². The average molecular weight is 181 g/mol. The molecular weight excluding hydrogens is 166 g/mol. The summed E-state index contributed by atoms with van der Waals surface area (Å²) in [4.78, 5) is 9.31. The van der Waals surface area contributed by atoms with Crippen molar-refractivity contribution in [3.05, 3.63) is 18.2 Å². The van der Waals surface area contributed by atoms with Crippen LogP contribution < -0.4 is 0 Å². The van der Waals surface area contributed by atoms with Gasteiger partial charge in [-0.15, -0.1) is 0 Å². The normalized spacial score (nSPS) is 23.2. The van der Waals surface area contributed by atoms with E-state index in [4.69, 9.17) is 0 Å². The monoisotopic (exact) mass is 181 g/mol. The molecule has 0 amide bonds. The molecule has 1 saturated heterocycles. The molecule has 1 aliphatic rings. The molecule has 1 fully saturated rings. The zero-order valence-electron chi connectivity index (χ0n) is 7.82. The van der Waals surface area contributed by atoms with Crippen LogP contribution in [-0.4, -0.2) is 40.1 Å². The van der Waals surface area contributed by atoms with E-state index in [0.29, 0.717) is 5.82 Å². The molecule has 2 rings (SSSR count). The SMILES string of the molecule is CN1CCC(O)(c2ncc[nH]2)CC1. The van der Waals surface area contributed by atoms with E-state index in [1.54, 1.807) is 12.4 Å². The van der Waals surface area contributed by atoms with Gasteiger partial charge in [-0.1, -0.05) is 0 Å². The third kappa shape index (κ3) is 1.59. The minimum atomic E-state index is -0.726. The Hall–Kier alpha value is -0.870. The van der Waals surface area contributed by atoms with Crippen LogP contribution in [0.15, 0.2) is 12.4 Å². The number of hydrogen-bond acceptors (Lipinski definition) is 3. The molecule has 2 heterocycles. The Morgan fingerprint density at radius 1 is 1.54 bits per heavy atom. The predicted molar refractivity (Wildman–Crippen MR) is 49.2 cm³/mol. The molecule has 1 aromatic heterocycles. The van der Waals surface area contributed by atoms with Crippen molar-refractivity contribution < 1.29 is 5.11 Å². The van der Waals surface area contributed by atoms with Gasteiger partial charge in [-0.2, -0.15) is 0 Å². The van der Waals surface area contributed by atoms with Gasteiger partial charge in [-0.25, -0.2) is 4.98 Å². The van der Waals surface area contributed by atoms with E-state index < -0.39 is 5.60 Å². The molecular formula is C9H15N3O. The quantitative estimate of drug-likeness (QED) is 0.656. The first-order chi connectivity index (χ1) is 6.21. The lowest BCUT2D eigenvalue weighted by atomic mass is 9.91. The third-order valence-electron chi connectivity index (χ3n) is 2.75. The Morgan fingerprint density at radius 2 is 2.23 bits per heavy atom. The van der Waals surface area contributed by atoms with Crippen molar-refractivity contribution in [1.82, 2.24) is 14.9 Å². The summed E-state index contributed by atoms with van der Waals surface area (Å²) in [6.07, 6.45) is 4.96. The van der Waals surface area contributed by atoms with Crippen LogP contribution in [0, 0.1) is 0 Å². The second kappa shape index (κ2) is 3.12. The number of aromatic amines is 1. The Morgan fingerprint density at radius 3 is 2.77 bits per heavy atom. The largest absolute Gasteiger partial charge is 0.382 e. The maximum atomic E-state index is 10.2. The number of nitrogens with zero attached hydrogens (tertiary/aromatic N) is 2. The summed E-state index contributed by atoms with van der Waals surface area (Å²) in [6.45, 7) is 1.86.